The molecule has 8 nitrogen and oxygen atoms in total. The summed E-state index contributed by atoms with van der Waals surface area (Å²) in [5.41, 5.74) is 9.29. The van der Waals surface area contributed by atoms with E-state index in [0.29, 0.717) is 23.0 Å². The average molecular weight is 455 g/mol. The molecule has 1 fully saturated rings. The summed E-state index contributed by atoms with van der Waals surface area (Å²) >= 11 is 0. The topological polar surface area (TPSA) is 108 Å². The van der Waals surface area contributed by atoms with E-state index in [1.807, 2.05) is 53.2 Å². The number of ether oxygens (including phenoxy) is 1. The van der Waals surface area contributed by atoms with E-state index in [1.54, 1.807) is 0 Å². The number of hydrogen-bond acceptors (Lipinski definition) is 7. The Morgan fingerprint density at radius 2 is 1.97 bits per heavy atom. The number of fused-ring (bicyclic) bond motifs is 1. The number of nitrogen functional groups attached to an aromatic ring is 1. The first-order chi connectivity index (χ1) is 16.6. The highest BCUT2D eigenvalue weighted by atomic mass is 16.5. The molecule has 1 aliphatic heterocycles. The molecular formula is C26H26N6O2. The molecule has 3 N–H and O–H groups in total. The van der Waals surface area contributed by atoms with Crippen molar-refractivity contribution in [1.82, 2.24) is 25.1 Å². The minimum Gasteiger partial charge on any atom is -0.457 e. The van der Waals surface area contributed by atoms with Gasteiger partial charge in [-0.3, -0.25) is 4.79 Å². The van der Waals surface area contributed by atoms with Crippen LogP contribution < -0.4 is 15.8 Å². The number of aromatic nitrogens is 4. The minimum absolute atomic E-state index is 0.0944. The Kier molecular flexibility index (Phi) is 6.05. The van der Waals surface area contributed by atoms with Gasteiger partial charge in [0, 0.05) is 17.5 Å². The molecule has 0 radical (unpaired) electrons. The molecule has 2 aromatic carbocycles. The molecule has 0 amide bonds. The molecule has 1 aliphatic rings. The maximum atomic E-state index is 12.3. The highest BCUT2D eigenvalue weighted by Gasteiger charge is 2.24. The maximum absolute atomic E-state index is 12.3. The van der Waals surface area contributed by atoms with Crippen LogP contribution in [0.15, 0.2) is 67.5 Å². The van der Waals surface area contributed by atoms with E-state index in [2.05, 4.69) is 21.9 Å². The third kappa shape index (κ3) is 4.27. The van der Waals surface area contributed by atoms with Crippen molar-refractivity contribution < 1.29 is 9.53 Å². The van der Waals surface area contributed by atoms with Crippen LogP contribution in [0.2, 0.25) is 0 Å². The maximum Gasteiger partial charge on any atom is 0.164 e. The quantitative estimate of drug-likeness (QED) is 0.405. The van der Waals surface area contributed by atoms with E-state index in [1.165, 1.54) is 12.4 Å². The number of hydrogen-bond donors (Lipinski definition) is 2. The van der Waals surface area contributed by atoms with Crippen LogP contribution in [0.5, 0.6) is 11.5 Å². The lowest BCUT2D eigenvalue weighted by molar-refractivity contribution is -0.114. The molecule has 3 heterocycles. The summed E-state index contributed by atoms with van der Waals surface area (Å²) in [4.78, 5) is 21.0. The first-order valence-electron chi connectivity index (χ1n) is 11.3. The predicted molar refractivity (Wildman–Crippen MR) is 132 cm³/mol. The lowest BCUT2D eigenvalue weighted by atomic mass is 10.0. The minimum atomic E-state index is -0.0944. The van der Waals surface area contributed by atoms with Gasteiger partial charge in [0.05, 0.1) is 11.4 Å². The Morgan fingerprint density at radius 1 is 1.18 bits per heavy atom. The van der Waals surface area contributed by atoms with Crippen LogP contribution in [0.3, 0.4) is 0 Å². The zero-order valence-electron chi connectivity index (χ0n) is 18.8. The number of allylic oxidation sites excluding steroid dienone is 1. The number of rotatable bonds is 7. The highest BCUT2D eigenvalue weighted by molar-refractivity contribution is 5.98. The smallest absolute Gasteiger partial charge is 0.164 e. The van der Waals surface area contributed by atoms with Crippen LogP contribution in [0.4, 0.5) is 5.82 Å². The number of nitrogens with two attached hydrogens (primary N) is 1. The first kappa shape index (κ1) is 21.8. The second-order valence-electron chi connectivity index (χ2n) is 8.32. The number of carbonyl (C=O) groups is 1. The Balaban J connectivity index is 1.61. The summed E-state index contributed by atoms with van der Waals surface area (Å²) in [6.45, 7) is 5.48. The largest absolute Gasteiger partial charge is 0.457 e. The zero-order valence-corrected chi connectivity index (χ0v) is 18.8. The van der Waals surface area contributed by atoms with Gasteiger partial charge in [-0.25, -0.2) is 14.6 Å². The van der Waals surface area contributed by atoms with Gasteiger partial charge in [0.25, 0.3) is 0 Å². The summed E-state index contributed by atoms with van der Waals surface area (Å²) in [5, 5.41) is 9.07. The standard InChI is InChI=1S/C26H26N6O2/c1-2-20(33)15-18-14-17(8-9-22(18)34-21-6-4-3-5-7-21)24-23-25(27)29-16-30-26(23)32(31-24)19-10-12-28-13-11-19/h2-9,14,16,19,28H,1,10-13,15H2,(H2,27,29,30). The zero-order chi connectivity index (χ0) is 23.5. The third-order valence-corrected chi connectivity index (χ3v) is 6.07. The van der Waals surface area contributed by atoms with E-state index in [9.17, 15) is 4.79 Å². The van der Waals surface area contributed by atoms with Gasteiger partial charge in [0.2, 0.25) is 0 Å². The van der Waals surface area contributed by atoms with Gasteiger partial charge in [-0.2, -0.15) is 5.10 Å². The van der Waals surface area contributed by atoms with Crippen molar-refractivity contribution in [2.45, 2.75) is 25.3 Å². The van der Waals surface area contributed by atoms with E-state index < -0.39 is 0 Å². The third-order valence-electron chi connectivity index (χ3n) is 6.07. The molecule has 0 spiro atoms. The van der Waals surface area contributed by atoms with Crippen LogP contribution >= 0.6 is 0 Å². The molecule has 34 heavy (non-hydrogen) atoms. The number of benzene rings is 2. The number of piperidine rings is 1. The number of anilines is 1. The molecule has 5 rings (SSSR count). The molecule has 0 atom stereocenters. The van der Waals surface area contributed by atoms with E-state index in [-0.39, 0.29) is 18.2 Å². The second-order valence-corrected chi connectivity index (χ2v) is 8.32. The van der Waals surface area contributed by atoms with Gasteiger partial charge in [-0.15, -0.1) is 0 Å². The first-order valence-corrected chi connectivity index (χ1v) is 11.3. The second kappa shape index (κ2) is 9.44. The van der Waals surface area contributed by atoms with Crippen LogP contribution in [-0.4, -0.2) is 38.6 Å². The van der Waals surface area contributed by atoms with Crippen molar-refractivity contribution in [3.05, 3.63) is 73.1 Å². The van der Waals surface area contributed by atoms with Gasteiger partial charge in [-0.1, -0.05) is 24.8 Å². The number of ketones is 1. The molecular weight excluding hydrogens is 428 g/mol. The number of nitrogens with one attached hydrogen (secondary N) is 1. The van der Waals surface area contributed by atoms with Gasteiger partial charge < -0.3 is 15.8 Å². The van der Waals surface area contributed by atoms with E-state index >= 15 is 0 Å². The molecule has 4 aromatic rings. The van der Waals surface area contributed by atoms with Gasteiger partial charge in [0.1, 0.15) is 29.3 Å². The molecule has 0 saturated carbocycles. The number of para-hydroxylation sites is 1. The SMILES string of the molecule is C=CC(=O)Cc1cc(-c2nn(C3CCNCC3)c3ncnc(N)c23)ccc1Oc1ccccc1. The normalized spacial score (nSPS) is 14.2. The summed E-state index contributed by atoms with van der Waals surface area (Å²) in [6.07, 6.45) is 4.89. The average Bonchev–Trinajstić information content (AvgIpc) is 3.27. The van der Waals surface area contributed by atoms with Crippen molar-refractivity contribution in [3.63, 3.8) is 0 Å². The van der Waals surface area contributed by atoms with Crippen LogP contribution in [0, 0.1) is 0 Å². The van der Waals surface area contributed by atoms with Gasteiger partial charge in [0.15, 0.2) is 11.4 Å². The van der Waals surface area contributed by atoms with Crippen LogP contribution in [-0.2, 0) is 11.2 Å². The molecule has 0 unspecified atom stereocenters. The molecule has 172 valence electrons. The fourth-order valence-electron chi connectivity index (χ4n) is 4.34. The highest BCUT2D eigenvalue weighted by Crippen LogP contribution is 2.36. The summed E-state index contributed by atoms with van der Waals surface area (Å²) in [6, 6.07) is 15.4. The van der Waals surface area contributed by atoms with Crippen molar-refractivity contribution in [1.29, 1.82) is 0 Å². The lowest BCUT2D eigenvalue weighted by Gasteiger charge is -2.23. The summed E-state index contributed by atoms with van der Waals surface area (Å²) in [7, 11) is 0. The Morgan fingerprint density at radius 3 is 2.74 bits per heavy atom. The predicted octanol–water partition coefficient (Wildman–Crippen LogP) is 4.09. The van der Waals surface area contributed by atoms with Gasteiger partial charge >= 0.3 is 0 Å². The Hall–Kier alpha value is -4.04. The van der Waals surface area contributed by atoms with Crippen molar-refractivity contribution in [2.24, 2.45) is 0 Å². The number of carbonyl (C=O) groups excluding carboxylic acids is 1. The lowest BCUT2D eigenvalue weighted by Crippen LogP contribution is -2.30. The van der Waals surface area contributed by atoms with Crippen molar-refractivity contribution in [3.8, 4) is 22.8 Å². The summed E-state index contributed by atoms with van der Waals surface area (Å²) in [5.74, 6) is 1.59. The molecule has 0 bridgehead atoms. The van der Waals surface area contributed by atoms with E-state index in [0.717, 1.165) is 48.1 Å². The monoisotopic (exact) mass is 454 g/mol. The molecule has 8 heteroatoms. The van der Waals surface area contributed by atoms with Crippen molar-refractivity contribution >= 4 is 22.6 Å². The molecule has 2 aromatic heterocycles. The van der Waals surface area contributed by atoms with Gasteiger partial charge in [-0.05, 0) is 62.3 Å². The Bertz CT molecular complexity index is 1340. The number of nitrogens with zero attached hydrogens (tertiary/aromatic N) is 4. The fourth-order valence-corrected chi connectivity index (χ4v) is 4.34. The molecule has 1 saturated heterocycles. The van der Waals surface area contributed by atoms with Crippen molar-refractivity contribution in [2.75, 3.05) is 18.8 Å². The van der Waals surface area contributed by atoms with E-state index in [4.69, 9.17) is 15.6 Å². The summed E-state index contributed by atoms with van der Waals surface area (Å²) < 4.78 is 8.07. The van der Waals surface area contributed by atoms with Crippen LogP contribution in [0.25, 0.3) is 22.3 Å². The molecule has 0 aliphatic carbocycles. The fraction of sp³-hybridized carbons (Fsp3) is 0.231. The Labute approximate surface area is 197 Å². The van der Waals surface area contributed by atoms with Crippen LogP contribution in [0.1, 0.15) is 24.4 Å².